The fourth-order valence-corrected chi connectivity index (χ4v) is 1.82. The van der Waals surface area contributed by atoms with Crippen LogP contribution in [0.5, 0.6) is 0 Å². The van der Waals surface area contributed by atoms with Gasteiger partial charge < -0.3 is 24.6 Å². The Morgan fingerprint density at radius 2 is 1.85 bits per heavy atom. The zero-order chi connectivity index (χ0) is 14.6. The van der Waals surface area contributed by atoms with Crippen LogP contribution >= 0.6 is 0 Å². The van der Waals surface area contributed by atoms with Gasteiger partial charge in [0.1, 0.15) is 0 Å². The molecule has 1 unspecified atom stereocenters. The van der Waals surface area contributed by atoms with Crippen LogP contribution < -0.4 is 5.32 Å². The molecule has 0 aliphatic heterocycles. The van der Waals surface area contributed by atoms with E-state index < -0.39 is 6.10 Å². The van der Waals surface area contributed by atoms with Gasteiger partial charge in [-0.15, -0.1) is 0 Å². The molecule has 0 saturated heterocycles. The molecule has 0 radical (unpaired) electrons. The number of nitrogens with one attached hydrogen (secondary N) is 1. The lowest BCUT2D eigenvalue weighted by Crippen LogP contribution is -2.30. The second kappa shape index (κ2) is 10.8. The van der Waals surface area contributed by atoms with Gasteiger partial charge in [0.2, 0.25) is 0 Å². The molecule has 1 atom stereocenters. The largest absolute Gasteiger partial charge is 0.389 e. The molecule has 0 aliphatic rings. The third kappa shape index (κ3) is 6.98. The summed E-state index contributed by atoms with van der Waals surface area (Å²) in [6.45, 7) is 3.16. The Morgan fingerprint density at radius 1 is 1.10 bits per heavy atom. The molecule has 0 aliphatic carbocycles. The molecule has 20 heavy (non-hydrogen) atoms. The van der Waals surface area contributed by atoms with Crippen molar-refractivity contribution in [1.82, 2.24) is 5.32 Å². The fourth-order valence-electron chi connectivity index (χ4n) is 1.82. The van der Waals surface area contributed by atoms with Crippen LogP contribution in [0.4, 0.5) is 0 Å². The lowest BCUT2D eigenvalue weighted by molar-refractivity contribution is 0.0137. The van der Waals surface area contributed by atoms with Crippen molar-refractivity contribution in [2.75, 3.05) is 40.6 Å². The molecule has 5 nitrogen and oxygen atoms in total. The highest BCUT2D eigenvalue weighted by atomic mass is 16.5. The van der Waals surface area contributed by atoms with E-state index in [1.165, 1.54) is 5.56 Å². The summed E-state index contributed by atoms with van der Waals surface area (Å²) in [6, 6.07) is 8.10. The first kappa shape index (κ1) is 17.1. The summed E-state index contributed by atoms with van der Waals surface area (Å²) >= 11 is 0. The topological polar surface area (TPSA) is 60.0 Å². The Labute approximate surface area is 120 Å². The van der Waals surface area contributed by atoms with Crippen molar-refractivity contribution in [1.29, 1.82) is 0 Å². The molecule has 1 rings (SSSR count). The normalized spacial score (nSPS) is 12.6. The summed E-state index contributed by atoms with van der Waals surface area (Å²) < 4.78 is 15.3. The second-order valence-corrected chi connectivity index (χ2v) is 4.55. The Hall–Kier alpha value is -0.980. The van der Waals surface area contributed by atoms with Gasteiger partial charge in [-0.2, -0.15) is 0 Å². The fraction of sp³-hybridized carbons (Fsp3) is 0.600. The minimum atomic E-state index is -0.513. The van der Waals surface area contributed by atoms with Crippen LogP contribution in [-0.2, 0) is 27.4 Å². The maximum Gasteiger partial charge on any atom is 0.0897 e. The van der Waals surface area contributed by atoms with Crippen molar-refractivity contribution in [2.24, 2.45) is 0 Å². The molecule has 0 aromatic heterocycles. The molecule has 0 heterocycles. The van der Waals surface area contributed by atoms with Gasteiger partial charge in [-0.25, -0.2) is 0 Å². The molecular weight excluding hydrogens is 258 g/mol. The minimum absolute atomic E-state index is 0.316. The number of methoxy groups -OCH3 is 2. The summed E-state index contributed by atoms with van der Waals surface area (Å²) in [7, 11) is 3.31. The number of rotatable bonds is 11. The van der Waals surface area contributed by atoms with E-state index in [2.05, 4.69) is 11.4 Å². The van der Waals surface area contributed by atoms with E-state index >= 15 is 0 Å². The van der Waals surface area contributed by atoms with Crippen LogP contribution in [0.15, 0.2) is 24.3 Å². The lowest BCUT2D eigenvalue weighted by atomic mass is 10.1. The van der Waals surface area contributed by atoms with Crippen molar-refractivity contribution < 1.29 is 19.3 Å². The zero-order valence-corrected chi connectivity index (χ0v) is 12.3. The van der Waals surface area contributed by atoms with Crippen molar-refractivity contribution >= 4 is 0 Å². The first-order chi connectivity index (χ1) is 9.77. The van der Waals surface area contributed by atoms with E-state index in [4.69, 9.17) is 14.2 Å². The average molecular weight is 283 g/mol. The Bertz CT molecular complexity index is 359. The molecule has 0 amide bonds. The predicted molar refractivity (Wildman–Crippen MR) is 77.6 cm³/mol. The van der Waals surface area contributed by atoms with E-state index in [9.17, 15) is 5.11 Å². The highest BCUT2D eigenvalue weighted by Crippen LogP contribution is 2.09. The van der Waals surface area contributed by atoms with Crippen molar-refractivity contribution in [3.05, 3.63) is 35.4 Å². The maximum absolute atomic E-state index is 9.75. The van der Waals surface area contributed by atoms with E-state index in [0.717, 1.165) is 5.56 Å². The zero-order valence-electron chi connectivity index (χ0n) is 12.3. The lowest BCUT2D eigenvalue weighted by Gasteiger charge is -2.14. The number of ether oxygens (including phenoxy) is 3. The highest BCUT2D eigenvalue weighted by molar-refractivity contribution is 5.26. The van der Waals surface area contributed by atoms with Gasteiger partial charge in [-0.1, -0.05) is 24.3 Å². The summed E-state index contributed by atoms with van der Waals surface area (Å²) in [5, 5.41) is 13.0. The number of aliphatic hydroxyl groups excluding tert-OH is 1. The van der Waals surface area contributed by atoms with Gasteiger partial charge in [-0.05, 0) is 11.1 Å². The first-order valence-corrected chi connectivity index (χ1v) is 6.79. The van der Waals surface area contributed by atoms with Gasteiger partial charge in [0.15, 0.2) is 0 Å². The minimum Gasteiger partial charge on any atom is -0.389 e. The third-order valence-electron chi connectivity index (χ3n) is 2.86. The highest BCUT2D eigenvalue weighted by Gasteiger charge is 2.05. The van der Waals surface area contributed by atoms with Crippen LogP contribution in [0, 0.1) is 0 Å². The Balaban J connectivity index is 2.23. The van der Waals surface area contributed by atoms with Crippen LogP contribution in [0.25, 0.3) is 0 Å². The maximum atomic E-state index is 9.75. The molecule has 2 N–H and O–H groups in total. The monoisotopic (exact) mass is 283 g/mol. The van der Waals surface area contributed by atoms with Crippen LogP contribution in [-0.4, -0.2) is 51.8 Å². The standard InChI is InChI=1S/C15H25NO4/c1-18-7-8-20-12-15(17)10-16-9-13-5-3-4-6-14(13)11-19-2/h3-6,15-17H,7-12H2,1-2H3. The molecule has 1 aromatic rings. The van der Waals surface area contributed by atoms with Gasteiger partial charge in [0, 0.05) is 27.3 Å². The number of benzene rings is 1. The van der Waals surface area contributed by atoms with E-state index in [0.29, 0.717) is 39.5 Å². The molecule has 0 bridgehead atoms. The molecule has 1 aromatic carbocycles. The summed E-state index contributed by atoms with van der Waals surface area (Å²) in [6.07, 6.45) is -0.513. The SMILES string of the molecule is COCCOCC(O)CNCc1ccccc1COC. The van der Waals surface area contributed by atoms with E-state index in [1.54, 1.807) is 14.2 Å². The molecule has 0 spiro atoms. The summed E-state index contributed by atoms with van der Waals surface area (Å²) in [5.74, 6) is 0. The quantitative estimate of drug-likeness (QED) is 0.592. The second-order valence-electron chi connectivity index (χ2n) is 4.55. The van der Waals surface area contributed by atoms with Crippen LogP contribution in [0.3, 0.4) is 0 Å². The third-order valence-corrected chi connectivity index (χ3v) is 2.86. The summed E-state index contributed by atoms with van der Waals surface area (Å²) in [4.78, 5) is 0. The number of hydrogen-bond acceptors (Lipinski definition) is 5. The Kier molecular flexibility index (Phi) is 9.19. The van der Waals surface area contributed by atoms with Crippen LogP contribution in [0.1, 0.15) is 11.1 Å². The average Bonchev–Trinajstić information content (AvgIpc) is 2.46. The van der Waals surface area contributed by atoms with Crippen molar-refractivity contribution in [3.63, 3.8) is 0 Å². The van der Waals surface area contributed by atoms with Gasteiger partial charge >= 0.3 is 0 Å². The number of hydrogen-bond donors (Lipinski definition) is 2. The molecule has 0 saturated carbocycles. The summed E-state index contributed by atoms with van der Waals surface area (Å²) in [5.41, 5.74) is 2.34. The molecule has 114 valence electrons. The van der Waals surface area contributed by atoms with Crippen molar-refractivity contribution in [3.8, 4) is 0 Å². The van der Waals surface area contributed by atoms with Crippen LogP contribution in [0.2, 0.25) is 0 Å². The van der Waals surface area contributed by atoms with Gasteiger partial charge in [-0.3, -0.25) is 0 Å². The molecule has 0 fully saturated rings. The van der Waals surface area contributed by atoms with Gasteiger partial charge in [0.05, 0.1) is 32.5 Å². The van der Waals surface area contributed by atoms with E-state index in [1.807, 2.05) is 18.2 Å². The number of aliphatic hydroxyl groups is 1. The predicted octanol–water partition coefficient (Wildman–Crippen LogP) is 0.946. The van der Waals surface area contributed by atoms with E-state index in [-0.39, 0.29) is 0 Å². The van der Waals surface area contributed by atoms with Crippen molar-refractivity contribution in [2.45, 2.75) is 19.3 Å². The smallest absolute Gasteiger partial charge is 0.0897 e. The first-order valence-electron chi connectivity index (χ1n) is 6.79. The Morgan fingerprint density at radius 3 is 2.55 bits per heavy atom. The van der Waals surface area contributed by atoms with Gasteiger partial charge in [0.25, 0.3) is 0 Å². The molecule has 5 heteroatoms. The molecular formula is C15H25NO4.